The van der Waals surface area contributed by atoms with Gasteiger partial charge in [0.15, 0.2) is 0 Å². The molecule has 3 heteroatoms. The summed E-state index contributed by atoms with van der Waals surface area (Å²) in [5.74, 6) is 0.717. The van der Waals surface area contributed by atoms with Crippen LogP contribution in [0.5, 0.6) is 0 Å². The molecule has 1 atom stereocenters. The van der Waals surface area contributed by atoms with Crippen LogP contribution < -0.4 is 0 Å². The zero-order valence-electron chi connectivity index (χ0n) is 8.51. The van der Waals surface area contributed by atoms with Gasteiger partial charge in [-0.2, -0.15) is 0 Å². The first-order valence-corrected chi connectivity index (χ1v) is 5.96. The van der Waals surface area contributed by atoms with Crippen LogP contribution in [0.25, 0.3) is 0 Å². The van der Waals surface area contributed by atoms with E-state index in [4.69, 9.17) is 4.74 Å². The van der Waals surface area contributed by atoms with Crippen molar-refractivity contribution < 1.29 is 4.74 Å². The third-order valence-electron chi connectivity index (χ3n) is 2.33. The maximum Gasteiger partial charge on any atom is 0.0979 e. The fraction of sp³-hybridized carbons (Fsp3) is 1.00. The van der Waals surface area contributed by atoms with E-state index in [1.807, 2.05) is 0 Å². The number of hydrogen-bond acceptors (Lipinski definition) is 2. The molecule has 0 heterocycles. The van der Waals surface area contributed by atoms with Gasteiger partial charge < -0.3 is 9.64 Å². The lowest BCUT2D eigenvalue weighted by Gasteiger charge is -2.27. The zero-order valence-corrected chi connectivity index (χ0v) is 10.7. The Balaban J connectivity index is 3.49. The molecule has 0 fully saturated rings. The van der Waals surface area contributed by atoms with Crippen LogP contribution in [-0.2, 0) is 4.74 Å². The van der Waals surface area contributed by atoms with Crippen LogP contribution in [0.3, 0.4) is 0 Å². The first kappa shape index (κ1) is 12.7. The molecule has 1 unspecified atom stereocenters. The quantitative estimate of drug-likeness (QED) is 0.422. The number of likely N-dealkylation sites (N-methyl/N-ethyl adjacent to an activating group) is 1. The van der Waals surface area contributed by atoms with Gasteiger partial charge >= 0.3 is 0 Å². The van der Waals surface area contributed by atoms with E-state index in [0.29, 0.717) is 6.04 Å². The molecule has 0 saturated carbocycles. The average molecular weight is 285 g/mol. The highest BCUT2D eigenvalue weighted by atomic mass is 127. The van der Waals surface area contributed by atoms with E-state index in [9.17, 15) is 0 Å². The Bertz CT molecular complexity index is 109. The summed E-state index contributed by atoms with van der Waals surface area (Å²) >= 11 is 2.22. The van der Waals surface area contributed by atoms with E-state index in [-0.39, 0.29) is 0 Å². The molecule has 12 heavy (non-hydrogen) atoms. The molecular weight excluding hydrogens is 265 g/mol. The van der Waals surface area contributed by atoms with Gasteiger partial charge in [-0.25, -0.2) is 0 Å². The highest BCUT2D eigenvalue weighted by Gasteiger charge is 2.11. The van der Waals surface area contributed by atoms with E-state index in [2.05, 4.69) is 55.3 Å². The summed E-state index contributed by atoms with van der Waals surface area (Å²) in [6.07, 6.45) is 0. The first-order chi connectivity index (χ1) is 5.59. The number of alkyl halides is 1. The van der Waals surface area contributed by atoms with Gasteiger partial charge in [0.25, 0.3) is 0 Å². The van der Waals surface area contributed by atoms with Gasteiger partial charge in [0.05, 0.1) is 11.2 Å². The molecule has 0 radical (unpaired) electrons. The molecule has 0 aromatic rings. The van der Waals surface area contributed by atoms with Crippen LogP contribution in [0.15, 0.2) is 0 Å². The lowest BCUT2D eigenvalue weighted by molar-refractivity contribution is 0.124. The normalized spacial score (nSPS) is 14.2. The van der Waals surface area contributed by atoms with Crippen molar-refractivity contribution in [2.45, 2.75) is 26.8 Å². The van der Waals surface area contributed by atoms with E-state index in [1.165, 1.54) is 0 Å². The number of halogens is 1. The van der Waals surface area contributed by atoms with Gasteiger partial charge in [0.2, 0.25) is 0 Å². The molecule has 2 nitrogen and oxygen atoms in total. The van der Waals surface area contributed by atoms with E-state index < -0.39 is 0 Å². The molecule has 0 amide bonds. The second-order valence-electron chi connectivity index (χ2n) is 3.48. The van der Waals surface area contributed by atoms with Crippen LogP contribution in [0.4, 0.5) is 0 Å². The average Bonchev–Trinajstić information content (AvgIpc) is 2.03. The maximum atomic E-state index is 5.28. The van der Waals surface area contributed by atoms with Crippen LogP contribution in [0.2, 0.25) is 0 Å². The van der Waals surface area contributed by atoms with E-state index in [0.717, 1.165) is 23.7 Å². The molecule has 0 aliphatic rings. The zero-order chi connectivity index (χ0) is 9.56. The lowest BCUT2D eigenvalue weighted by atomic mass is 10.1. The van der Waals surface area contributed by atoms with Crippen molar-refractivity contribution in [3.8, 4) is 0 Å². The largest absolute Gasteiger partial charge is 0.370 e. The molecule has 0 aliphatic carbocycles. The van der Waals surface area contributed by atoms with Crippen LogP contribution in [0.1, 0.15) is 20.8 Å². The number of rotatable bonds is 6. The monoisotopic (exact) mass is 285 g/mol. The molecule has 0 aliphatic heterocycles. The Morgan fingerprint density at radius 1 is 1.33 bits per heavy atom. The summed E-state index contributed by atoms with van der Waals surface area (Å²) in [5.41, 5.74) is 0. The predicted molar refractivity (Wildman–Crippen MR) is 61.8 cm³/mol. The van der Waals surface area contributed by atoms with Gasteiger partial charge in [0, 0.05) is 12.6 Å². The Morgan fingerprint density at radius 3 is 2.33 bits per heavy atom. The molecular formula is C9H20INO. The van der Waals surface area contributed by atoms with Gasteiger partial charge in [-0.15, -0.1) is 0 Å². The molecule has 0 bridgehead atoms. The van der Waals surface area contributed by atoms with Crippen molar-refractivity contribution in [3.05, 3.63) is 0 Å². The summed E-state index contributed by atoms with van der Waals surface area (Å²) in [6.45, 7) is 8.63. The van der Waals surface area contributed by atoms with E-state index in [1.54, 1.807) is 0 Å². The smallest absolute Gasteiger partial charge is 0.0979 e. The first-order valence-electron chi connectivity index (χ1n) is 4.43. The third kappa shape index (κ3) is 5.32. The van der Waals surface area contributed by atoms with Crippen LogP contribution in [-0.4, -0.2) is 35.8 Å². The predicted octanol–water partition coefficient (Wildman–Crippen LogP) is 2.37. The van der Waals surface area contributed by atoms with Crippen molar-refractivity contribution >= 4 is 22.6 Å². The van der Waals surface area contributed by atoms with Crippen LogP contribution in [0, 0.1) is 5.92 Å². The second kappa shape index (κ2) is 7.09. The molecule has 0 N–H and O–H groups in total. The summed E-state index contributed by atoms with van der Waals surface area (Å²) < 4.78 is 6.07. The lowest BCUT2D eigenvalue weighted by Crippen LogP contribution is -2.35. The molecule has 0 aromatic carbocycles. The number of nitrogens with zero attached hydrogens (tertiary/aromatic N) is 1. The van der Waals surface area contributed by atoms with Crippen molar-refractivity contribution in [1.82, 2.24) is 4.90 Å². The second-order valence-corrected chi connectivity index (χ2v) is 4.11. The van der Waals surface area contributed by atoms with Crippen molar-refractivity contribution in [2.24, 2.45) is 5.92 Å². The van der Waals surface area contributed by atoms with Crippen molar-refractivity contribution in [1.29, 1.82) is 0 Å². The van der Waals surface area contributed by atoms with Crippen LogP contribution >= 0.6 is 22.6 Å². The SMILES string of the molecule is CC(C)C(C)N(C)CCOCI. The highest BCUT2D eigenvalue weighted by Crippen LogP contribution is 2.07. The Labute approximate surface area is 89.8 Å². The van der Waals surface area contributed by atoms with Crippen molar-refractivity contribution in [2.75, 3.05) is 24.8 Å². The molecule has 0 rings (SSSR count). The fourth-order valence-corrected chi connectivity index (χ4v) is 1.29. The number of ether oxygens (including phenoxy) is 1. The Hall–Kier alpha value is 0.650. The van der Waals surface area contributed by atoms with Gasteiger partial charge in [-0.3, -0.25) is 0 Å². The minimum absolute atomic E-state index is 0.641. The number of hydrogen-bond donors (Lipinski definition) is 0. The topological polar surface area (TPSA) is 12.5 Å². The summed E-state index contributed by atoms with van der Waals surface area (Å²) in [6, 6.07) is 0.641. The summed E-state index contributed by atoms with van der Waals surface area (Å²) in [5, 5.41) is 0. The summed E-state index contributed by atoms with van der Waals surface area (Å²) in [4.78, 5) is 2.34. The fourth-order valence-electron chi connectivity index (χ4n) is 0.976. The molecule has 0 aromatic heterocycles. The van der Waals surface area contributed by atoms with Gasteiger partial charge in [-0.05, 0) is 19.9 Å². The summed E-state index contributed by atoms with van der Waals surface area (Å²) in [7, 11) is 2.15. The van der Waals surface area contributed by atoms with Gasteiger partial charge in [0.1, 0.15) is 0 Å². The van der Waals surface area contributed by atoms with E-state index >= 15 is 0 Å². The highest BCUT2D eigenvalue weighted by molar-refractivity contribution is 14.1. The molecule has 0 saturated heterocycles. The Morgan fingerprint density at radius 2 is 1.92 bits per heavy atom. The third-order valence-corrected chi connectivity index (χ3v) is 2.77. The maximum absolute atomic E-state index is 5.28. The minimum atomic E-state index is 0.641. The minimum Gasteiger partial charge on any atom is -0.370 e. The standard InChI is InChI=1S/C9H20INO/c1-8(2)9(3)11(4)5-6-12-7-10/h8-9H,5-7H2,1-4H3. The molecule has 0 spiro atoms. The Kier molecular flexibility index (Phi) is 7.48. The van der Waals surface area contributed by atoms with Gasteiger partial charge in [-0.1, -0.05) is 36.4 Å². The molecule has 74 valence electrons. The van der Waals surface area contributed by atoms with Crippen molar-refractivity contribution in [3.63, 3.8) is 0 Å².